The van der Waals surface area contributed by atoms with E-state index in [1.807, 2.05) is 59.5 Å². The third-order valence-corrected chi connectivity index (χ3v) is 6.65. The number of nitrogens with zero attached hydrogens (tertiary/aromatic N) is 3. The van der Waals surface area contributed by atoms with Crippen molar-refractivity contribution in [2.24, 2.45) is 5.92 Å². The summed E-state index contributed by atoms with van der Waals surface area (Å²) in [5.41, 5.74) is 2.87. The van der Waals surface area contributed by atoms with Crippen molar-refractivity contribution in [3.8, 4) is 6.07 Å². The maximum absolute atomic E-state index is 12.7. The fraction of sp³-hybridized carbons (Fsp3) is 0.423. The van der Waals surface area contributed by atoms with Crippen LogP contribution in [0.1, 0.15) is 36.8 Å². The summed E-state index contributed by atoms with van der Waals surface area (Å²) in [6, 6.07) is 19.8. The highest BCUT2D eigenvalue weighted by molar-refractivity contribution is 5.79. The molecule has 2 aliphatic heterocycles. The molecule has 0 unspecified atom stereocenters. The summed E-state index contributed by atoms with van der Waals surface area (Å²) in [6.45, 7) is 3.52. The van der Waals surface area contributed by atoms with Gasteiger partial charge in [-0.05, 0) is 55.5 Å². The molecule has 0 aromatic heterocycles. The third-order valence-electron chi connectivity index (χ3n) is 6.65. The second-order valence-electron chi connectivity index (χ2n) is 8.83. The van der Waals surface area contributed by atoms with Gasteiger partial charge in [-0.1, -0.05) is 30.3 Å². The molecule has 2 aromatic rings. The number of amides is 3. The fourth-order valence-electron chi connectivity index (χ4n) is 4.57. The number of nitriles is 1. The van der Waals surface area contributed by atoms with E-state index in [2.05, 4.69) is 21.6 Å². The van der Waals surface area contributed by atoms with Crippen LogP contribution in [0.15, 0.2) is 54.6 Å². The van der Waals surface area contributed by atoms with Gasteiger partial charge in [0.1, 0.15) is 0 Å². The second kappa shape index (κ2) is 10.9. The lowest BCUT2D eigenvalue weighted by atomic mass is 9.96. The first kappa shape index (κ1) is 22.7. The smallest absolute Gasteiger partial charge is 0.317 e. The fourth-order valence-corrected chi connectivity index (χ4v) is 4.57. The molecule has 2 fully saturated rings. The molecule has 0 aliphatic carbocycles. The predicted molar refractivity (Wildman–Crippen MR) is 128 cm³/mol. The summed E-state index contributed by atoms with van der Waals surface area (Å²) in [7, 11) is 0. The zero-order valence-electron chi connectivity index (χ0n) is 18.9. The summed E-state index contributed by atoms with van der Waals surface area (Å²) in [5, 5.41) is 15.2. The highest BCUT2D eigenvalue weighted by Crippen LogP contribution is 2.22. The van der Waals surface area contributed by atoms with Crippen LogP contribution in [0.25, 0.3) is 0 Å². The summed E-state index contributed by atoms with van der Waals surface area (Å²) in [6.07, 6.45) is 3.19. The normalized spacial score (nSPS) is 17.3. The van der Waals surface area contributed by atoms with Crippen molar-refractivity contribution in [2.45, 2.75) is 38.3 Å². The Hall–Kier alpha value is -3.53. The minimum Gasteiger partial charge on any atom is -0.371 e. The van der Waals surface area contributed by atoms with Gasteiger partial charge in [0.05, 0.1) is 11.6 Å². The van der Waals surface area contributed by atoms with Crippen molar-refractivity contribution in [1.29, 1.82) is 5.26 Å². The lowest BCUT2D eigenvalue weighted by molar-refractivity contribution is -0.126. The molecule has 0 saturated carbocycles. The molecule has 7 nitrogen and oxygen atoms in total. The van der Waals surface area contributed by atoms with Crippen LogP contribution in [-0.2, 0) is 11.3 Å². The number of piperidine rings is 2. The molecule has 172 valence electrons. The van der Waals surface area contributed by atoms with E-state index in [1.165, 1.54) is 0 Å². The van der Waals surface area contributed by atoms with Gasteiger partial charge < -0.3 is 20.4 Å². The van der Waals surface area contributed by atoms with Crippen molar-refractivity contribution in [3.63, 3.8) is 0 Å². The van der Waals surface area contributed by atoms with Gasteiger partial charge in [-0.25, -0.2) is 4.79 Å². The van der Waals surface area contributed by atoms with Crippen LogP contribution >= 0.6 is 0 Å². The number of nitrogens with one attached hydrogen (secondary N) is 2. The number of carbonyl (C=O) groups excluding carboxylic acids is 2. The molecule has 4 rings (SSSR count). The zero-order valence-corrected chi connectivity index (χ0v) is 18.9. The molecule has 33 heavy (non-hydrogen) atoms. The van der Waals surface area contributed by atoms with Crippen molar-refractivity contribution in [1.82, 2.24) is 15.5 Å². The Morgan fingerprint density at radius 1 is 0.909 bits per heavy atom. The van der Waals surface area contributed by atoms with Gasteiger partial charge in [0.15, 0.2) is 0 Å². The summed E-state index contributed by atoms with van der Waals surface area (Å²) in [4.78, 5) is 29.4. The Morgan fingerprint density at radius 3 is 2.21 bits per heavy atom. The van der Waals surface area contributed by atoms with Crippen molar-refractivity contribution in [2.75, 3.05) is 31.1 Å². The van der Waals surface area contributed by atoms with E-state index >= 15 is 0 Å². The highest BCUT2D eigenvalue weighted by atomic mass is 16.2. The Bertz CT molecular complexity index is 970. The molecular weight excluding hydrogens is 414 g/mol. The van der Waals surface area contributed by atoms with Gasteiger partial charge in [-0.2, -0.15) is 5.26 Å². The van der Waals surface area contributed by atoms with Crippen LogP contribution in [0.4, 0.5) is 10.5 Å². The maximum Gasteiger partial charge on any atom is 0.317 e. The number of hydrogen-bond acceptors (Lipinski definition) is 4. The van der Waals surface area contributed by atoms with Gasteiger partial charge in [-0.15, -0.1) is 0 Å². The van der Waals surface area contributed by atoms with E-state index in [4.69, 9.17) is 5.26 Å². The Kier molecular flexibility index (Phi) is 7.46. The average molecular weight is 446 g/mol. The molecule has 2 aliphatic rings. The molecule has 0 bridgehead atoms. The quantitative estimate of drug-likeness (QED) is 0.739. The summed E-state index contributed by atoms with van der Waals surface area (Å²) in [5.74, 6) is 0.0440. The maximum atomic E-state index is 12.7. The molecule has 2 N–H and O–H groups in total. The lowest BCUT2D eigenvalue weighted by Crippen LogP contribution is -2.51. The second-order valence-corrected chi connectivity index (χ2v) is 8.83. The van der Waals surface area contributed by atoms with Crippen LogP contribution in [0.2, 0.25) is 0 Å². The number of anilines is 1. The largest absolute Gasteiger partial charge is 0.371 e. The van der Waals surface area contributed by atoms with Gasteiger partial charge in [0, 0.05) is 50.4 Å². The van der Waals surface area contributed by atoms with Crippen molar-refractivity contribution < 1.29 is 9.59 Å². The minimum atomic E-state index is -0.0339. The number of benzene rings is 2. The van der Waals surface area contributed by atoms with E-state index in [-0.39, 0.29) is 23.9 Å². The van der Waals surface area contributed by atoms with Crippen LogP contribution in [0.3, 0.4) is 0 Å². The van der Waals surface area contributed by atoms with E-state index < -0.39 is 0 Å². The molecule has 0 atom stereocenters. The third kappa shape index (κ3) is 6.04. The van der Waals surface area contributed by atoms with Crippen molar-refractivity contribution >= 4 is 17.6 Å². The first-order chi connectivity index (χ1) is 16.1. The molecule has 2 heterocycles. The summed E-state index contributed by atoms with van der Waals surface area (Å²) < 4.78 is 0. The van der Waals surface area contributed by atoms with E-state index in [9.17, 15) is 9.59 Å². The van der Waals surface area contributed by atoms with Crippen LogP contribution in [-0.4, -0.2) is 49.1 Å². The molecule has 0 spiro atoms. The Balaban J connectivity index is 1.16. The first-order valence-corrected chi connectivity index (χ1v) is 11.7. The number of likely N-dealkylation sites (tertiary alicyclic amines) is 1. The topological polar surface area (TPSA) is 88.5 Å². The number of carbonyl (C=O) groups is 2. The highest BCUT2D eigenvalue weighted by Gasteiger charge is 2.29. The van der Waals surface area contributed by atoms with Crippen LogP contribution in [0, 0.1) is 17.2 Å². The standard InChI is InChI=1S/C26H31N5O2/c27-18-20-6-8-24(9-7-20)30-16-12-23(13-17-30)29-26(33)31-14-10-22(11-15-31)25(32)28-19-21-4-2-1-3-5-21/h1-9,22-23H,10-17,19H2,(H,28,32)(H,29,33). The lowest BCUT2D eigenvalue weighted by Gasteiger charge is -2.36. The number of rotatable bonds is 5. The van der Waals surface area contributed by atoms with Gasteiger partial charge >= 0.3 is 6.03 Å². The molecule has 2 saturated heterocycles. The van der Waals surface area contributed by atoms with Crippen molar-refractivity contribution in [3.05, 3.63) is 65.7 Å². The molecular formula is C26H31N5O2. The van der Waals surface area contributed by atoms with E-state index in [1.54, 1.807) is 0 Å². The zero-order chi connectivity index (χ0) is 23.0. The van der Waals surface area contributed by atoms with E-state index in [0.29, 0.717) is 38.0 Å². The number of urea groups is 1. The Morgan fingerprint density at radius 2 is 1.58 bits per heavy atom. The Labute approximate surface area is 195 Å². The summed E-state index contributed by atoms with van der Waals surface area (Å²) >= 11 is 0. The van der Waals surface area contributed by atoms with Gasteiger partial charge in [0.2, 0.25) is 5.91 Å². The SMILES string of the molecule is N#Cc1ccc(N2CCC(NC(=O)N3CCC(C(=O)NCc4ccccc4)CC3)CC2)cc1. The van der Waals surface area contributed by atoms with Gasteiger partial charge in [0.25, 0.3) is 0 Å². The minimum absolute atomic E-state index is 0.0185. The molecule has 3 amide bonds. The van der Waals surface area contributed by atoms with Gasteiger partial charge in [-0.3, -0.25) is 4.79 Å². The number of hydrogen-bond donors (Lipinski definition) is 2. The average Bonchev–Trinajstić information content (AvgIpc) is 2.88. The molecule has 7 heteroatoms. The predicted octanol–water partition coefficient (Wildman–Crippen LogP) is 3.27. The molecule has 2 aromatic carbocycles. The van der Waals surface area contributed by atoms with E-state index in [0.717, 1.165) is 37.2 Å². The molecule has 0 radical (unpaired) electrons. The monoisotopic (exact) mass is 445 g/mol. The van der Waals surface area contributed by atoms with Crippen LogP contribution < -0.4 is 15.5 Å². The van der Waals surface area contributed by atoms with Crippen LogP contribution in [0.5, 0.6) is 0 Å². The first-order valence-electron chi connectivity index (χ1n) is 11.7.